The molecular weight excluding hydrogens is 279 g/mol. The molecule has 5 heteroatoms. The van der Waals surface area contributed by atoms with E-state index in [1.54, 1.807) is 24.4 Å². The lowest BCUT2D eigenvalue weighted by molar-refractivity contribution is -0.201. The molecule has 1 saturated carbocycles. The highest BCUT2D eigenvalue weighted by Gasteiger charge is 2.48. The number of pyridine rings is 1. The Morgan fingerprint density at radius 1 is 1.19 bits per heavy atom. The monoisotopic (exact) mass is 295 g/mol. The molecule has 1 aromatic carbocycles. The molecule has 2 nitrogen and oxygen atoms in total. The Morgan fingerprint density at radius 3 is 2.71 bits per heavy atom. The van der Waals surface area contributed by atoms with E-state index in [1.807, 2.05) is 12.1 Å². The Kier molecular flexibility index (Phi) is 3.40. The van der Waals surface area contributed by atoms with Crippen LogP contribution in [0.1, 0.15) is 31.2 Å². The molecule has 2 aromatic rings. The second-order valence-electron chi connectivity index (χ2n) is 5.75. The summed E-state index contributed by atoms with van der Waals surface area (Å²) in [4.78, 5) is 4.25. The normalized spacial score (nSPS) is 27.0. The summed E-state index contributed by atoms with van der Waals surface area (Å²) in [6.45, 7) is 0. The Morgan fingerprint density at radius 2 is 1.95 bits per heavy atom. The molecule has 1 aliphatic rings. The van der Waals surface area contributed by atoms with Gasteiger partial charge in [0.25, 0.3) is 0 Å². The average molecular weight is 295 g/mol. The van der Waals surface area contributed by atoms with Crippen molar-refractivity contribution >= 4 is 10.9 Å². The lowest BCUT2D eigenvalue weighted by Gasteiger charge is -2.38. The van der Waals surface area contributed by atoms with Gasteiger partial charge in [-0.25, -0.2) is 0 Å². The third-order valence-corrected chi connectivity index (χ3v) is 4.32. The van der Waals surface area contributed by atoms with Crippen molar-refractivity contribution in [3.8, 4) is 0 Å². The van der Waals surface area contributed by atoms with Crippen LogP contribution in [0.3, 0.4) is 0 Å². The Bertz CT molecular complexity index is 650. The van der Waals surface area contributed by atoms with Gasteiger partial charge in [0.05, 0.1) is 17.0 Å². The van der Waals surface area contributed by atoms with E-state index in [0.29, 0.717) is 23.9 Å². The largest absolute Gasteiger partial charge is 0.391 e. The fourth-order valence-corrected chi connectivity index (χ4v) is 3.26. The number of fused-ring (bicyclic) bond motifs is 1. The first-order valence-electron chi connectivity index (χ1n) is 7.03. The molecule has 0 amide bonds. The molecule has 0 bridgehead atoms. The minimum atomic E-state index is -4.26. The summed E-state index contributed by atoms with van der Waals surface area (Å²) >= 11 is 0. The van der Waals surface area contributed by atoms with Gasteiger partial charge in [-0.3, -0.25) is 4.98 Å². The molecule has 3 rings (SSSR count). The molecule has 1 N–H and O–H groups in total. The molecule has 2 atom stereocenters. The molecule has 1 fully saturated rings. The summed E-state index contributed by atoms with van der Waals surface area (Å²) in [5, 5.41) is 11.7. The van der Waals surface area contributed by atoms with Gasteiger partial charge in [-0.15, -0.1) is 0 Å². The standard InChI is InChI=1S/C16H16F3NO/c17-16(18,19)12-6-2-8-15(21,10-12)13-7-1-4-11-5-3-9-20-14(11)13/h1,3-5,7,9,12,21H,2,6,8,10H2. The zero-order chi connectivity index (χ0) is 15.1. The summed E-state index contributed by atoms with van der Waals surface area (Å²) in [5.74, 6) is -1.45. The van der Waals surface area contributed by atoms with E-state index >= 15 is 0 Å². The first kappa shape index (κ1) is 14.3. The third kappa shape index (κ3) is 2.62. The van der Waals surface area contributed by atoms with Gasteiger partial charge in [0.2, 0.25) is 0 Å². The van der Waals surface area contributed by atoms with Gasteiger partial charge >= 0.3 is 6.18 Å². The number of aliphatic hydroxyl groups is 1. The first-order valence-corrected chi connectivity index (χ1v) is 7.03. The number of nitrogens with zero attached hydrogens (tertiary/aromatic N) is 1. The molecule has 0 radical (unpaired) electrons. The zero-order valence-corrected chi connectivity index (χ0v) is 11.4. The second-order valence-corrected chi connectivity index (χ2v) is 5.75. The van der Waals surface area contributed by atoms with E-state index < -0.39 is 17.7 Å². The summed E-state index contributed by atoms with van der Waals surface area (Å²) in [7, 11) is 0. The van der Waals surface area contributed by atoms with Crippen molar-refractivity contribution < 1.29 is 18.3 Å². The number of para-hydroxylation sites is 1. The van der Waals surface area contributed by atoms with E-state index in [4.69, 9.17) is 0 Å². The van der Waals surface area contributed by atoms with E-state index in [-0.39, 0.29) is 12.8 Å². The topological polar surface area (TPSA) is 33.1 Å². The molecule has 112 valence electrons. The summed E-state index contributed by atoms with van der Waals surface area (Å²) in [5.41, 5.74) is -0.355. The highest BCUT2D eigenvalue weighted by molar-refractivity contribution is 5.82. The van der Waals surface area contributed by atoms with Crippen LogP contribution in [0.15, 0.2) is 36.5 Å². The van der Waals surface area contributed by atoms with Crippen LogP contribution >= 0.6 is 0 Å². The smallest absolute Gasteiger partial charge is 0.385 e. The molecule has 0 spiro atoms. The van der Waals surface area contributed by atoms with Crippen molar-refractivity contribution in [3.05, 3.63) is 42.1 Å². The van der Waals surface area contributed by atoms with Crippen molar-refractivity contribution in [2.75, 3.05) is 0 Å². The van der Waals surface area contributed by atoms with Crippen molar-refractivity contribution in [2.24, 2.45) is 5.92 Å². The third-order valence-electron chi connectivity index (χ3n) is 4.32. The van der Waals surface area contributed by atoms with Crippen molar-refractivity contribution in [2.45, 2.75) is 37.5 Å². The fraction of sp³-hybridized carbons (Fsp3) is 0.438. The van der Waals surface area contributed by atoms with Crippen LogP contribution in [0.5, 0.6) is 0 Å². The molecule has 1 heterocycles. The van der Waals surface area contributed by atoms with Crippen molar-refractivity contribution in [1.29, 1.82) is 0 Å². The van der Waals surface area contributed by atoms with Crippen LogP contribution in [0.4, 0.5) is 13.2 Å². The number of hydrogen-bond donors (Lipinski definition) is 1. The van der Waals surface area contributed by atoms with Gasteiger partial charge in [0.15, 0.2) is 0 Å². The molecular formula is C16H16F3NO. The van der Waals surface area contributed by atoms with Gasteiger partial charge in [0.1, 0.15) is 0 Å². The minimum Gasteiger partial charge on any atom is -0.385 e. The number of halogens is 3. The van der Waals surface area contributed by atoms with Gasteiger partial charge in [-0.1, -0.05) is 24.3 Å². The summed E-state index contributed by atoms with van der Waals surface area (Å²) in [6, 6.07) is 8.91. The summed E-state index contributed by atoms with van der Waals surface area (Å²) < 4.78 is 39.0. The van der Waals surface area contributed by atoms with Crippen LogP contribution in [-0.2, 0) is 5.60 Å². The zero-order valence-electron chi connectivity index (χ0n) is 11.4. The number of alkyl halides is 3. The average Bonchev–Trinajstić information content (AvgIpc) is 2.46. The fourth-order valence-electron chi connectivity index (χ4n) is 3.26. The first-order chi connectivity index (χ1) is 9.90. The molecule has 1 aromatic heterocycles. The van der Waals surface area contributed by atoms with Crippen LogP contribution in [0, 0.1) is 5.92 Å². The Balaban J connectivity index is 2.04. The second kappa shape index (κ2) is 4.98. The SMILES string of the molecule is OC1(c2cccc3cccnc23)CCCC(C(F)(F)F)C1. The van der Waals surface area contributed by atoms with Gasteiger partial charge < -0.3 is 5.11 Å². The Hall–Kier alpha value is -1.62. The van der Waals surface area contributed by atoms with Crippen LogP contribution in [-0.4, -0.2) is 16.3 Å². The maximum atomic E-state index is 13.0. The van der Waals surface area contributed by atoms with Gasteiger partial charge in [-0.05, 0) is 31.7 Å². The predicted molar refractivity (Wildman–Crippen MR) is 73.7 cm³/mol. The van der Waals surface area contributed by atoms with E-state index in [0.717, 1.165) is 5.39 Å². The molecule has 21 heavy (non-hydrogen) atoms. The predicted octanol–water partition coefficient (Wildman–Crippen LogP) is 4.17. The van der Waals surface area contributed by atoms with Crippen LogP contribution < -0.4 is 0 Å². The molecule has 1 aliphatic carbocycles. The number of hydrogen-bond acceptors (Lipinski definition) is 2. The quantitative estimate of drug-likeness (QED) is 0.856. The highest BCUT2D eigenvalue weighted by Crippen LogP contribution is 2.47. The maximum Gasteiger partial charge on any atom is 0.391 e. The van der Waals surface area contributed by atoms with Gasteiger partial charge in [0, 0.05) is 17.1 Å². The highest BCUT2D eigenvalue weighted by atomic mass is 19.4. The molecule has 2 unspecified atom stereocenters. The lowest BCUT2D eigenvalue weighted by Crippen LogP contribution is -2.38. The lowest BCUT2D eigenvalue weighted by atomic mass is 9.73. The van der Waals surface area contributed by atoms with Crippen LogP contribution in [0.25, 0.3) is 10.9 Å². The minimum absolute atomic E-state index is 0.0873. The van der Waals surface area contributed by atoms with Crippen molar-refractivity contribution in [3.63, 3.8) is 0 Å². The van der Waals surface area contributed by atoms with E-state index in [1.165, 1.54) is 0 Å². The van der Waals surface area contributed by atoms with E-state index in [9.17, 15) is 18.3 Å². The van der Waals surface area contributed by atoms with Crippen molar-refractivity contribution in [1.82, 2.24) is 4.98 Å². The number of aromatic nitrogens is 1. The molecule has 0 saturated heterocycles. The maximum absolute atomic E-state index is 13.0. The van der Waals surface area contributed by atoms with Crippen LogP contribution in [0.2, 0.25) is 0 Å². The van der Waals surface area contributed by atoms with E-state index in [2.05, 4.69) is 4.98 Å². The number of rotatable bonds is 1. The number of benzene rings is 1. The summed E-state index contributed by atoms with van der Waals surface area (Å²) in [6.07, 6.45) is -2.15. The Labute approximate surface area is 120 Å². The molecule has 0 aliphatic heterocycles. The van der Waals surface area contributed by atoms with Gasteiger partial charge in [-0.2, -0.15) is 13.2 Å².